The van der Waals surface area contributed by atoms with E-state index in [1.165, 1.54) is 12.8 Å². The predicted molar refractivity (Wildman–Crippen MR) is 171 cm³/mol. The van der Waals surface area contributed by atoms with Crippen LogP contribution in [-0.2, 0) is 28.4 Å². The highest BCUT2D eigenvalue weighted by atomic mass is 16.8. The Morgan fingerprint density at radius 2 is 1.18 bits per heavy atom. The molecule has 6 fully saturated rings. The molecule has 0 aromatic heterocycles. The summed E-state index contributed by atoms with van der Waals surface area (Å²) >= 11 is 0. The van der Waals surface area contributed by atoms with Crippen molar-refractivity contribution in [1.82, 2.24) is 4.90 Å². The minimum absolute atomic E-state index is 0.117. The molecule has 2 unspecified atom stereocenters. The van der Waals surface area contributed by atoms with Crippen LogP contribution in [0.2, 0.25) is 0 Å². The number of fused-ring (bicyclic) bond motifs is 1. The van der Waals surface area contributed by atoms with Gasteiger partial charge in [0.05, 0.1) is 24.8 Å². The van der Waals surface area contributed by atoms with Crippen LogP contribution in [0.15, 0.2) is 0 Å². The molecule has 0 aromatic carbocycles. The molecule has 17 N–H and O–H groups in total. The van der Waals surface area contributed by atoms with Crippen molar-refractivity contribution in [1.29, 1.82) is 0 Å². The van der Waals surface area contributed by atoms with Gasteiger partial charge < -0.3 is 92.8 Å². The van der Waals surface area contributed by atoms with Crippen LogP contribution in [0.4, 0.5) is 0 Å². The van der Waals surface area contributed by atoms with E-state index in [1.54, 1.807) is 0 Å². The average molecular weight is 723 g/mol. The monoisotopic (exact) mass is 722 g/mol. The van der Waals surface area contributed by atoms with Crippen molar-refractivity contribution in [2.24, 2.45) is 34.6 Å². The quantitative estimate of drug-likeness (QED) is 0.0997. The molecule has 0 spiro atoms. The van der Waals surface area contributed by atoms with E-state index >= 15 is 0 Å². The molecule has 0 amide bonds. The fourth-order valence-electron chi connectivity index (χ4n) is 8.66. The maximum Gasteiger partial charge on any atom is 0.187 e. The lowest BCUT2D eigenvalue weighted by Gasteiger charge is -2.48. The summed E-state index contributed by atoms with van der Waals surface area (Å²) in [6.45, 7) is 0.446. The van der Waals surface area contributed by atoms with Gasteiger partial charge in [-0.1, -0.05) is 12.8 Å². The van der Waals surface area contributed by atoms with Crippen molar-refractivity contribution in [2.75, 3.05) is 26.2 Å². The summed E-state index contributed by atoms with van der Waals surface area (Å²) in [5.74, 6) is 0.602. The smallest absolute Gasteiger partial charge is 0.187 e. The van der Waals surface area contributed by atoms with Crippen LogP contribution in [-0.4, -0.2) is 189 Å². The van der Waals surface area contributed by atoms with E-state index in [1.807, 2.05) is 0 Å². The van der Waals surface area contributed by atoms with E-state index in [0.29, 0.717) is 18.5 Å². The standard InChI is InChI=1S/C31H58N6O13/c32-8-15-21(40)23(42)18(35)29(45-15)49-27-17(10-38)47-31(25(27)44)50-28-20(39)12(33)7-13(34)26(28)48-30-19(36)24(43)22(41)16(46-30)9-37-6-5-11-3-1-2-4-14(11)37/h11-31,38-44H,1-10,32-36H2/t11?,12-,13+,14?,15+,16-,17-,18-,19-,20+,21-,22-,23-,24-,25-,26-,27-,28-,29-,30-,31+/m1/s1. The average Bonchev–Trinajstić information content (AvgIpc) is 3.65. The van der Waals surface area contributed by atoms with Gasteiger partial charge in [-0.05, 0) is 38.1 Å². The third-order valence-electron chi connectivity index (χ3n) is 11.7. The molecular weight excluding hydrogens is 664 g/mol. The van der Waals surface area contributed by atoms with E-state index < -0.39 is 123 Å². The lowest BCUT2D eigenvalue weighted by molar-refractivity contribution is -0.309. The summed E-state index contributed by atoms with van der Waals surface area (Å²) in [7, 11) is 0. The van der Waals surface area contributed by atoms with Gasteiger partial charge in [0.25, 0.3) is 0 Å². The number of nitrogens with two attached hydrogens (primary N) is 5. The van der Waals surface area contributed by atoms with Crippen LogP contribution in [0, 0.1) is 5.92 Å². The number of nitrogens with zero attached hydrogens (tertiary/aromatic N) is 1. The zero-order valence-electron chi connectivity index (χ0n) is 28.1. The molecule has 0 radical (unpaired) electrons. The molecule has 4 heterocycles. The van der Waals surface area contributed by atoms with Crippen molar-refractivity contribution in [2.45, 2.75) is 161 Å². The van der Waals surface area contributed by atoms with Gasteiger partial charge in [-0.15, -0.1) is 0 Å². The van der Waals surface area contributed by atoms with Gasteiger partial charge in [0.1, 0.15) is 67.1 Å². The van der Waals surface area contributed by atoms with E-state index in [4.69, 9.17) is 57.1 Å². The molecule has 0 aromatic rings. The number of hydrogen-bond acceptors (Lipinski definition) is 19. The van der Waals surface area contributed by atoms with Crippen molar-refractivity contribution >= 4 is 0 Å². The molecule has 4 saturated heterocycles. The van der Waals surface area contributed by atoms with Gasteiger partial charge in [0, 0.05) is 31.2 Å². The summed E-state index contributed by atoms with van der Waals surface area (Å²) < 4.78 is 35.9. The van der Waals surface area contributed by atoms with Crippen LogP contribution in [0.5, 0.6) is 0 Å². The first kappa shape index (κ1) is 38.9. The second-order valence-electron chi connectivity index (χ2n) is 14.9. The van der Waals surface area contributed by atoms with Crippen LogP contribution >= 0.6 is 0 Å². The van der Waals surface area contributed by atoms with E-state index in [2.05, 4.69) is 4.90 Å². The summed E-state index contributed by atoms with van der Waals surface area (Å²) in [5, 5.41) is 75.2. The fourth-order valence-corrected chi connectivity index (χ4v) is 8.66. The SMILES string of the molecule is NC[C@@H]1O[C@H](O[C@H]2[C@@H](O)[C@H](O[C@@H]3[C@@H](O)[C@H](N)C[C@H](N)[C@H]3O[C@H]3O[C@H](CN4CCC5CCCCC54)[C@@H](O)[C@H](O)[C@H]3N)O[C@@H]2CO)[C@H](N)[C@@H](O)[C@@H]1O. The number of aliphatic hydroxyl groups excluding tert-OH is 7. The first-order valence-electron chi connectivity index (χ1n) is 17.9. The highest BCUT2D eigenvalue weighted by Crippen LogP contribution is 2.38. The van der Waals surface area contributed by atoms with Crippen LogP contribution in [0.25, 0.3) is 0 Å². The first-order valence-corrected chi connectivity index (χ1v) is 17.9. The molecule has 19 heteroatoms. The van der Waals surface area contributed by atoms with Crippen LogP contribution < -0.4 is 28.7 Å². The number of aliphatic hydroxyl groups is 7. The van der Waals surface area contributed by atoms with Crippen molar-refractivity contribution < 1.29 is 64.2 Å². The normalized spacial score (nSPS) is 53.4. The molecule has 21 atom stereocenters. The Labute approximate surface area is 290 Å². The summed E-state index contributed by atoms with van der Waals surface area (Å²) in [5.41, 5.74) is 30.7. The largest absolute Gasteiger partial charge is 0.394 e. The molecule has 6 rings (SSSR count). The Bertz CT molecular complexity index is 1110. The minimum atomic E-state index is -1.59. The fraction of sp³-hybridized carbons (Fsp3) is 1.00. The predicted octanol–water partition coefficient (Wildman–Crippen LogP) is -6.59. The van der Waals surface area contributed by atoms with Gasteiger partial charge in [0.2, 0.25) is 0 Å². The molecule has 4 aliphatic heterocycles. The molecule has 2 aliphatic carbocycles. The second-order valence-corrected chi connectivity index (χ2v) is 14.9. The van der Waals surface area contributed by atoms with Gasteiger partial charge >= 0.3 is 0 Å². The molecule has 50 heavy (non-hydrogen) atoms. The molecule has 2 saturated carbocycles. The van der Waals surface area contributed by atoms with Gasteiger partial charge in [-0.25, -0.2) is 0 Å². The van der Waals surface area contributed by atoms with Gasteiger partial charge in [0.15, 0.2) is 18.9 Å². The second kappa shape index (κ2) is 16.3. The van der Waals surface area contributed by atoms with Crippen molar-refractivity contribution in [3.63, 3.8) is 0 Å². The molecule has 0 bridgehead atoms. The maximum absolute atomic E-state index is 11.3. The van der Waals surface area contributed by atoms with E-state index in [0.717, 1.165) is 25.8 Å². The van der Waals surface area contributed by atoms with Crippen LogP contribution in [0.3, 0.4) is 0 Å². The van der Waals surface area contributed by atoms with E-state index in [9.17, 15) is 35.7 Å². The lowest BCUT2D eigenvalue weighted by Crippen LogP contribution is -2.68. The van der Waals surface area contributed by atoms with Gasteiger partial charge in [-0.2, -0.15) is 0 Å². The van der Waals surface area contributed by atoms with Gasteiger partial charge in [-0.3, -0.25) is 4.90 Å². The number of ether oxygens (including phenoxy) is 6. The third-order valence-corrected chi connectivity index (χ3v) is 11.7. The Morgan fingerprint density at radius 1 is 0.600 bits per heavy atom. The zero-order valence-corrected chi connectivity index (χ0v) is 28.1. The minimum Gasteiger partial charge on any atom is -0.394 e. The lowest BCUT2D eigenvalue weighted by atomic mass is 9.84. The molecule has 6 aliphatic rings. The van der Waals surface area contributed by atoms with Crippen LogP contribution in [0.1, 0.15) is 38.5 Å². The van der Waals surface area contributed by atoms with E-state index in [-0.39, 0.29) is 13.0 Å². The Hall–Kier alpha value is -0.760. The molecule has 19 nitrogen and oxygen atoms in total. The first-order chi connectivity index (χ1) is 23.8. The highest BCUT2D eigenvalue weighted by molar-refractivity contribution is 5.03. The zero-order chi connectivity index (χ0) is 36.0. The van der Waals surface area contributed by atoms with Crippen molar-refractivity contribution in [3.8, 4) is 0 Å². The topological polar surface area (TPSA) is 330 Å². The summed E-state index contributed by atoms with van der Waals surface area (Å²) in [6, 6.07) is -3.71. The number of likely N-dealkylation sites (tertiary alicyclic amines) is 1. The Kier molecular flexibility index (Phi) is 12.7. The molecular formula is C31H58N6O13. The summed E-state index contributed by atoms with van der Waals surface area (Å²) in [4.78, 5) is 2.30. The highest BCUT2D eigenvalue weighted by Gasteiger charge is 2.54. The Balaban J connectivity index is 1.15. The number of rotatable bonds is 10. The maximum atomic E-state index is 11.3. The summed E-state index contributed by atoms with van der Waals surface area (Å²) in [6.07, 6.45) is -13.5. The third kappa shape index (κ3) is 7.61. The van der Waals surface area contributed by atoms with Crippen molar-refractivity contribution in [3.05, 3.63) is 0 Å². The molecule has 290 valence electrons. The Morgan fingerprint density at radius 3 is 1.84 bits per heavy atom. The number of hydrogen-bond donors (Lipinski definition) is 12.